The van der Waals surface area contributed by atoms with Crippen LogP contribution < -0.4 is 9.64 Å². The first-order chi connectivity index (χ1) is 12.9. The number of benzene rings is 1. The van der Waals surface area contributed by atoms with Crippen molar-refractivity contribution in [3.8, 4) is 17.0 Å². The highest BCUT2D eigenvalue weighted by Crippen LogP contribution is 2.30. The zero-order chi connectivity index (χ0) is 19.4. The molecule has 0 bridgehead atoms. The van der Waals surface area contributed by atoms with E-state index in [-0.39, 0.29) is 0 Å². The highest BCUT2D eigenvalue weighted by Gasteiger charge is 2.32. The molecule has 1 aromatic heterocycles. The average Bonchev–Trinajstić information content (AvgIpc) is 2.63. The number of hydrogen-bond acceptors (Lipinski definition) is 4. The van der Waals surface area contributed by atoms with Gasteiger partial charge >= 0.3 is 6.36 Å². The number of hydrogen-bond donors (Lipinski definition) is 0. The molecule has 27 heavy (non-hydrogen) atoms. The molecule has 0 unspecified atom stereocenters. The predicted molar refractivity (Wildman–Crippen MR) is 94.0 cm³/mol. The van der Waals surface area contributed by atoms with Crippen LogP contribution in [0.1, 0.15) is 32.6 Å². The first kappa shape index (κ1) is 19.4. The fourth-order valence-electron chi connectivity index (χ4n) is 3.40. The van der Waals surface area contributed by atoms with E-state index in [2.05, 4.69) is 26.5 Å². The van der Waals surface area contributed by atoms with Crippen LogP contribution in [-0.2, 0) is 0 Å². The van der Waals surface area contributed by atoms with E-state index in [0.717, 1.165) is 49.8 Å². The topological polar surface area (TPSA) is 38.2 Å². The Balaban J connectivity index is 1.75. The van der Waals surface area contributed by atoms with Gasteiger partial charge in [0.2, 0.25) is 0 Å². The van der Waals surface area contributed by atoms with Crippen molar-refractivity contribution in [3.63, 3.8) is 0 Å². The highest BCUT2D eigenvalue weighted by molar-refractivity contribution is 5.63. The second kappa shape index (κ2) is 8.10. The van der Waals surface area contributed by atoms with E-state index in [4.69, 9.17) is 0 Å². The molecule has 1 saturated heterocycles. The summed E-state index contributed by atoms with van der Waals surface area (Å²) in [5.74, 6) is -0.474. The Morgan fingerprint density at radius 1 is 1.15 bits per heavy atom. The van der Waals surface area contributed by atoms with Gasteiger partial charge < -0.3 is 9.64 Å². The van der Waals surface area contributed by atoms with E-state index in [9.17, 15) is 17.6 Å². The van der Waals surface area contributed by atoms with Crippen LogP contribution in [0.5, 0.6) is 5.75 Å². The third-order valence-electron chi connectivity index (χ3n) is 4.74. The molecule has 3 rings (SSSR count). The Bertz CT molecular complexity index is 774. The molecule has 1 aromatic carbocycles. The molecule has 0 N–H and O–H groups in total. The summed E-state index contributed by atoms with van der Waals surface area (Å²) in [6, 6.07) is 5.03. The van der Waals surface area contributed by atoms with E-state index in [1.54, 1.807) is 6.07 Å². The van der Waals surface area contributed by atoms with Crippen LogP contribution in [0.25, 0.3) is 11.3 Å². The Morgan fingerprint density at radius 2 is 1.89 bits per heavy atom. The second-order valence-corrected chi connectivity index (χ2v) is 6.67. The van der Waals surface area contributed by atoms with Gasteiger partial charge in [0.25, 0.3) is 0 Å². The van der Waals surface area contributed by atoms with Gasteiger partial charge in [0.1, 0.15) is 12.1 Å². The van der Waals surface area contributed by atoms with Gasteiger partial charge in [0, 0.05) is 24.7 Å². The molecule has 8 heteroatoms. The average molecular weight is 383 g/mol. The quantitative estimate of drug-likeness (QED) is 0.666. The standard InChI is InChI=1S/C19H21F4N3O/c1-2-3-13-6-8-26(9-7-13)18-11-16(24-12-25-18)14-4-5-17(15(20)10-14)27-19(21,22)23/h4-5,10-13H,2-3,6-9H2,1H3. The minimum Gasteiger partial charge on any atom is -0.403 e. The van der Waals surface area contributed by atoms with Gasteiger partial charge in [-0.3, -0.25) is 0 Å². The van der Waals surface area contributed by atoms with Gasteiger partial charge in [0.05, 0.1) is 5.69 Å². The van der Waals surface area contributed by atoms with Crippen LogP contribution in [0.15, 0.2) is 30.6 Å². The van der Waals surface area contributed by atoms with E-state index in [1.807, 2.05) is 0 Å². The monoisotopic (exact) mass is 383 g/mol. The number of nitrogens with zero attached hydrogens (tertiary/aromatic N) is 3. The third kappa shape index (κ3) is 5.08. The number of piperidine rings is 1. The molecule has 1 aliphatic rings. The summed E-state index contributed by atoms with van der Waals surface area (Å²) in [7, 11) is 0. The van der Waals surface area contributed by atoms with Crippen molar-refractivity contribution in [2.75, 3.05) is 18.0 Å². The molecule has 0 saturated carbocycles. The fraction of sp³-hybridized carbons (Fsp3) is 0.474. The number of aromatic nitrogens is 2. The summed E-state index contributed by atoms with van der Waals surface area (Å²) >= 11 is 0. The van der Waals surface area contributed by atoms with E-state index < -0.39 is 17.9 Å². The predicted octanol–water partition coefficient (Wildman–Crippen LogP) is 5.20. The molecule has 4 nitrogen and oxygen atoms in total. The normalized spacial score (nSPS) is 15.8. The minimum atomic E-state index is -4.94. The van der Waals surface area contributed by atoms with E-state index in [0.29, 0.717) is 11.3 Å². The molecule has 1 fully saturated rings. The summed E-state index contributed by atoms with van der Waals surface area (Å²) in [6.07, 6.45) is 1.07. The molecule has 0 amide bonds. The molecule has 0 radical (unpaired) electrons. The van der Waals surface area contributed by atoms with Crippen molar-refractivity contribution in [1.82, 2.24) is 9.97 Å². The van der Waals surface area contributed by atoms with Crippen molar-refractivity contribution in [2.45, 2.75) is 39.0 Å². The molecule has 0 spiro atoms. The maximum absolute atomic E-state index is 14.0. The van der Waals surface area contributed by atoms with Crippen LogP contribution >= 0.6 is 0 Å². The van der Waals surface area contributed by atoms with Crippen LogP contribution in [0.3, 0.4) is 0 Å². The summed E-state index contributed by atoms with van der Waals surface area (Å²) in [4.78, 5) is 10.6. The SMILES string of the molecule is CCCC1CCN(c2cc(-c3ccc(OC(F)(F)F)c(F)c3)ncn2)CC1. The number of rotatable bonds is 5. The molecule has 146 valence electrons. The van der Waals surface area contributed by atoms with Crippen molar-refractivity contribution in [1.29, 1.82) is 0 Å². The smallest absolute Gasteiger partial charge is 0.403 e. The maximum atomic E-state index is 14.0. The van der Waals surface area contributed by atoms with Crippen LogP contribution in [0.4, 0.5) is 23.4 Å². The molecular weight excluding hydrogens is 362 g/mol. The lowest BCUT2D eigenvalue weighted by Crippen LogP contribution is -2.34. The number of halogens is 4. The second-order valence-electron chi connectivity index (χ2n) is 6.67. The molecule has 0 aliphatic carbocycles. The highest BCUT2D eigenvalue weighted by atomic mass is 19.4. The van der Waals surface area contributed by atoms with Gasteiger partial charge in [0.15, 0.2) is 11.6 Å². The van der Waals surface area contributed by atoms with E-state index in [1.165, 1.54) is 25.2 Å². The van der Waals surface area contributed by atoms with Gasteiger partial charge in [-0.25, -0.2) is 14.4 Å². The lowest BCUT2D eigenvalue weighted by molar-refractivity contribution is -0.275. The van der Waals surface area contributed by atoms with Gasteiger partial charge in [-0.1, -0.05) is 19.8 Å². The van der Waals surface area contributed by atoms with Crippen molar-refractivity contribution in [2.24, 2.45) is 5.92 Å². The number of ether oxygens (including phenoxy) is 1. The van der Waals surface area contributed by atoms with Gasteiger partial charge in [-0.2, -0.15) is 0 Å². The van der Waals surface area contributed by atoms with Crippen LogP contribution in [-0.4, -0.2) is 29.4 Å². The van der Waals surface area contributed by atoms with E-state index >= 15 is 0 Å². The van der Waals surface area contributed by atoms with Gasteiger partial charge in [-0.15, -0.1) is 13.2 Å². The summed E-state index contributed by atoms with van der Waals surface area (Å²) < 4.78 is 54.4. The summed E-state index contributed by atoms with van der Waals surface area (Å²) in [6.45, 7) is 3.98. The molecule has 2 aromatic rings. The number of alkyl halides is 3. The van der Waals surface area contributed by atoms with Crippen LogP contribution in [0.2, 0.25) is 0 Å². The molecule has 1 aliphatic heterocycles. The molecule has 2 heterocycles. The largest absolute Gasteiger partial charge is 0.573 e. The van der Waals surface area contributed by atoms with Crippen molar-refractivity contribution >= 4 is 5.82 Å². The maximum Gasteiger partial charge on any atom is 0.573 e. The zero-order valence-electron chi connectivity index (χ0n) is 15.0. The Kier molecular flexibility index (Phi) is 5.82. The molecular formula is C19H21F4N3O. The zero-order valence-corrected chi connectivity index (χ0v) is 15.0. The first-order valence-electron chi connectivity index (χ1n) is 8.98. The number of anilines is 1. The Labute approximate surface area is 155 Å². The third-order valence-corrected chi connectivity index (χ3v) is 4.74. The van der Waals surface area contributed by atoms with Crippen LogP contribution in [0, 0.1) is 11.7 Å². The Hall–Kier alpha value is -2.38. The lowest BCUT2D eigenvalue weighted by atomic mass is 9.92. The molecule has 0 atom stereocenters. The lowest BCUT2D eigenvalue weighted by Gasteiger charge is -2.32. The van der Waals surface area contributed by atoms with Crippen molar-refractivity contribution < 1.29 is 22.3 Å². The van der Waals surface area contributed by atoms with Crippen molar-refractivity contribution in [3.05, 3.63) is 36.4 Å². The summed E-state index contributed by atoms with van der Waals surface area (Å²) in [5.41, 5.74) is 0.819. The Morgan fingerprint density at radius 3 is 2.52 bits per heavy atom. The fourth-order valence-corrected chi connectivity index (χ4v) is 3.40. The summed E-state index contributed by atoms with van der Waals surface area (Å²) in [5, 5.41) is 0. The van der Waals surface area contributed by atoms with Gasteiger partial charge in [-0.05, 0) is 37.0 Å². The minimum absolute atomic E-state index is 0.367. The first-order valence-corrected chi connectivity index (χ1v) is 8.98.